The molecule has 5 nitrogen and oxygen atoms in total. The highest BCUT2D eigenvalue weighted by atomic mass is 32.1. The van der Waals surface area contributed by atoms with Crippen LogP contribution >= 0.6 is 11.3 Å². The van der Waals surface area contributed by atoms with Gasteiger partial charge in [0.05, 0.1) is 24.4 Å². The number of hydrogen-bond donors (Lipinski definition) is 0. The van der Waals surface area contributed by atoms with E-state index in [-0.39, 0.29) is 12.2 Å². The zero-order valence-electron chi connectivity index (χ0n) is 13.6. The zero-order valence-corrected chi connectivity index (χ0v) is 14.4. The molecule has 0 amide bonds. The minimum Gasteiger partial charge on any atom is -0.368 e. The SMILES string of the molecule is C[C@H]1CN(Cc2ncnn2-c2ccccc2)C[C@@H](c2ccsc2)O1. The van der Waals surface area contributed by atoms with Crippen LogP contribution in [-0.2, 0) is 11.3 Å². The van der Waals surface area contributed by atoms with E-state index in [1.165, 1.54) is 5.56 Å². The van der Waals surface area contributed by atoms with Gasteiger partial charge in [-0.1, -0.05) is 18.2 Å². The monoisotopic (exact) mass is 340 g/mol. The predicted octanol–water partition coefficient (Wildman–Crippen LogP) is 3.29. The van der Waals surface area contributed by atoms with Gasteiger partial charge in [0.15, 0.2) is 0 Å². The van der Waals surface area contributed by atoms with Crippen molar-refractivity contribution in [3.63, 3.8) is 0 Å². The molecular weight excluding hydrogens is 320 g/mol. The molecule has 1 fully saturated rings. The van der Waals surface area contributed by atoms with Crippen molar-refractivity contribution < 1.29 is 4.74 Å². The molecule has 3 aromatic rings. The van der Waals surface area contributed by atoms with E-state index in [2.05, 4.69) is 38.7 Å². The summed E-state index contributed by atoms with van der Waals surface area (Å²) >= 11 is 1.72. The second kappa shape index (κ2) is 6.84. The topological polar surface area (TPSA) is 43.2 Å². The van der Waals surface area contributed by atoms with Gasteiger partial charge in [0, 0.05) is 13.1 Å². The summed E-state index contributed by atoms with van der Waals surface area (Å²) in [7, 11) is 0. The smallest absolute Gasteiger partial charge is 0.146 e. The molecule has 0 unspecified atom stereocenters. The Bertz CT molecular complexity index is 771. The van der Waals surface area contributed by atoms with Crippen molar-refractivity contribution in [2.75, 3.05) is 13.1 Å². The third-order valence-corrected chi connectivity index (χ3v) is 4.94. The molecule has 6 heteroatoms. The number of ether oxygens (including phenoxy) is 1. The largest absolute Gasteiger partial charge is 0.368 e. The number of aromatic nitrogens is 3. The molecule has 1 saturated heterocycles. The van der Waals surface area contributed by atoms with Crippen molar-refractivity contribution >= 4 is 11.3 Å². The molecule has 2 atom stereocenters. The summed E-state index contributed by atoms with van der Waals surface area (Å²) in [4.78, 5) is 6.87. The van der Waals surface area contributed by atoms with E-state index in [4.69, 9.17) is 4.74 Å². The summed E-state index contributed by atoms with van der Waals surface area (Å²) in [6.45, 7) is 4.68. The minimum absolute atomic E-state index is 0.132. The quantitative estimate of drug-likeness (QED) is 0.731. The second-order valence-electron chi connectivity index (χ2n) is 6.11. The summed E-state index contributed by atoms with van der Waals surface area (Å²) in [5.41, 5.74) is 2.31. The van der Waals surface area contributed by atoms with Crippen LogP contribution in [0.5, 0.6) is 0 Å². The highest BCUT2D eigenvalue weighted by molar-refractivity contribution is 7.07. The van der Waals surface area contributed by atoms with Gasteiger partial charge in [0.2, 0.25) is 0 Å². The Morgan fingerprint density at radius 1 is 1.21 bits per heavy atom. The first-order valence-corrected chi connectivity index (χ1v) is 9.08. The molecular formula is C18H20N4OS. The fraction of sp³-hybridized carbons (Fsp3) is 0.333. The van der Waals surface area contributed by atoms with Gasteiger partial charge in [-0.05, 0) is 41.4 Å². The first-order chi connectivity index (χ1) is 11.8. The molecule has 124 valence electrons. The number of benzene rings is 1. The molecule has 0 aliphatic carbocycles. The first-order valence-electron chi connectivity index (χ1n) is 8.14. The molecule has 0 bridgehead atoms. The number of morpholine rings is 1. The van der Waals surface area contributed by atoms with Gasteiger partial charge < -0.3 is 4.74 Å². The lowest BCUT2D eigenvalue weighted by molar-refractivity contribution is -0.0819. The van der Waals surface area contributed by atoms with Crippen molar-refractivity contribution in [1.29, 1.82) is 0 Å². The van der Waals surface area contributed by atoms with Gasteiger partial charge in [-0.2, -0.15) is 16.4 Å². The standard InChI is InChI=1S/C18H20N4OS/c1-14-9-21(10-17(23-14)15-7-8-24-12-15)11-18-19-13-20-22(18)16-5-3-2-4-6-16/h2-8,12-14,17H,9-11H2,1H3/t14-,17-/m0/s1. The molecule has 2 aromatic heterocycles. The van der Waals surface area contributed by atoms with Crippen LogP contribution in [0.4, 0.5) is 0 Å². The fourth-order valence-corrected chi connectivity index (χ4v) is 3.87. The van der Waals surface area contributed by atoms with Gasteiger partial charge in [0.25, 0.3) is 0 Å². The van der Waals surface area contributed by atoms with Crippen LogP contribution in [0.2, 0.25) is 0 Å². The Morgan fingerprint density at radius 3 is 2.88 bits per heavy atom. The Kier molecular flexibility index (Phi) is 4.42. The van der Waals surface area contributed by atoms with Crippen LogP contribution < -0.4 is 0 Å². The van der Waals surface area contributed by atoms with E-state index in [0.717, 1.165) is 31.1 Å². The summed E-state index contributed by atoms with van der Waals surface area (Å²) in [5.74, 6) is 0.958. The summed E-state index contributed by atoms with van der Waals surface area (Å²) in [5, 5.41) is 8.67. The molecule has 4 rings (SSSR count). The Hall–Kier alpha value is -2.02. The predicted molar refractivity (Wildman–Crippen MR) is 94.2 cm³/mol. The average molecular weight is 340 g/mol. The molecule has 24 heavy (non-hydrogen) atoms. The summed E-state index contributed by atoms with van der Waals surface area (Å²) in [6.07, 6.45) is 1.97. The van der Waals surface area contributed by atoms with Crippen LogP contribution in [0.1, 0.15) is 24.4 Å². The van der Waals surface area contributed by atoms with E-state index >= 15 is 0 Å². The lowest BCUT2D eigenvalue weighted by Gasteiger charge is -2.36. The lowest BCUT2D eigenvalue weighted by atomic mass is 10.1. The minimum atomic E-state index is 0.132. The maximum absolute atomic E-state index is 6.12. The molecule has 1 aliphatic heterocycles. The van der Waals surface area contributed by atoms with E-state index in [1.807, 2.05) is 35.0 Å². The summed E-state index contributed by atoms with van der Waals surface area (Å²) in [6, 6.07) is 12.3. The molecule has 1 aromatic carbocycles. The number of para-hydroxylation sites is 1. The number of nitrogens with zero attached hydrogens (tertiary/aromatic N) is 4. The number of hydrogen-bond acceptors (Lipinski definition) is 5. The Labute approximate surface area is 145 Å². The fourth-order valence-electron chi connectivity index (χ4n) is 3.17. The molecule has 0 spiro atoms. The van der Waals surface area contributed by atoms with Crippen LogP contribution in [0, 0.1) is 0 Å². The van der Waals surface area contributed by atoms with Crippen molar-refractivity contribution in [2.45, 2.75) is 25.7 Å². The van der Waals surface area contributed by atoms with Gasteiger partial charge in [-0.25, -0.2) is 9.67 Å². The normalized spacial score (nSPS) is 21.9. The van der Waals surface area contributed by atoms with Gasteiger partial charge >= 0.3 is 0 Å². The maximum Gasteiger partial charge on any atom is 0.146 e. The number of thiophene rings is 1. The molecule has 3 heterocycles. The first kappa shape index (κ1) is 15.5. The van der Waals surface area contributed by atoms with Crippen LogP contribution in [0.25, 0.3) is 5.69 Å². The van der Waals surface area contributed by atoms with Crippen molar-refractivity contribution in [2.24, 2.45) is 0 Å². The summed E-state index contributed by atoms with van der Waals surface area (Å²) < 4.78 is 8.03. The molecule has 0 radical (unpaired) electrons. The average Bonchev–Trinajstić information content (AvgIpc) is 3.27. The third-order valence-electron chi connectivity index (χ3n) is 4.24. The highest BCUT2D eigenvalue weighted by Gasteiger charge is 2.27. The van der Waals surface area contributed by atoms with E-state index in [0.29, 0.717) is 0 Å². The third kappa shape index (κ3) is 3.26. The van der Waals surface area contributed by atoms with E-state index in [1.54, 1.807) is 17.7 Å². The van der Waals surface area contributed by atoms with Crippen LogP contribution in [-0.4, -0.2) is 38.9 Å². The Balaban J connectivity index is 1.52. The highest BCUT2D eigenvalue weighted by Crippen LogP contribution is 2.27. The molecule has 0 saturated carbocycles. The van der Waals surface area contributed by atoms with Gasteiger partial charge in [-0.15, -0.1) is 0 Å². The second-order valence-corrected chi connectivity index (χ2v) is 6.89. The molecule has 1 aliphatic rings. The van der Waals surface area contributed by atoms with Crippen LogP contribution in [0.3, 0.4) is 0 Å². The van der Waals surface area contributed by atoms with Gasteiger partial charge in [-0.3, -0.25) is 4.90 Å². The van der Waals surface area contributed by atoms with E-state index < -0.39 is 0 Å². The molecule has 0 N–H and O–H groups in total. The van der Waals surface area contributed by atoms with Gasteiger partial charge in [0.1, 0.15) is 12.2 Å². The number of rotatable bonds is 4. The van der Waals surface area contributed by atoms with Crippen LogP contribution in [0.15, 0.2) is 53.5 Å². The maximum atomic E-state index is 6.12. The van der Waals surface area contributed by atoms with Crippen molar-refractivity contribution in [3.05, 3.63) is 64.9 Å². The lowest BCUT2D eigenvalue weighted by Crippen LogP contribution is -2.42. The van der Waals surface area contributed by atoms with E-state index in [9.17, 15) is 0 Å². The van der Waals surface area contributed by atoms with Crippen molar-refractivity contribution in [1.82, 2.24) is 19.7 Å². The Morgan fingerprint density at radius 2 is 2.08 bits per heavy atom. The zero-order chi connectivity index (χ0) is 16.4. The van der Waals surface area contributed by atoms with Crippen molar-refractivity contribution in [3.8, 4) is 5.69 Å².